The molecule has 4 aromatic carbocycles. The number of carbonyl (C=O) groups is 1. The Balaban J connectivity index is 1.41. The zero-order valence-electron chi connectivity index (χ0n) is 29.3. The maximum atomic E-state index is 13.2. The minimum absolute atomic E-state index is 0.0390. The van der Waals surface area contributed by atoms with Gasteiger partial charge in [0.05, 0.1) is 53.3 Å². The molecule has 3 atom stereocenters. The van der Waals surface area contributed by atoms with E-state index < -0.39 is 10.7 Å². The van der Waals surface area contributed by atoms with E-state index in [1.807, 2.05) is 36.4 Å². The predicted octanol–water partition coefficient (Wildman–Crippen LogP) is 8.56. The Labute approximate surface area is 311 Å². The minimum Gasteiger partial charge on any atom is -0.493 e. The SMILES string of the molecule is COc1cc(C2COC(c3cc(OC)c(OC)c(OC)c3)C2)cc(C/C=C/[N+](O)(OC)C(=O)c2ccccc2)c1OCCSc1ccccc1Br. The van der Waals surface area contributed by atoms with Crippen molar-refractivity contribution in [2.45, 2.75) is 29.8 Å². The summed E-state index contributed by atoms with van der Waals surface area (Å²) in [6, 6.07) is 24.5. The lowest BCUT2D eigenvalue weighted by Gasteiger charge is -2.20. The van der Waals surface area contributed by atoms with Gasteiger partial charge in [0.25, 0.3) is 0 Å². The summed E-state index contributed by atoms with van der Waals surface area (Å²) < 4.78 is 36.3. The van der Waals surface area contributed by atoms with E-state index in [1.54, 1.807) is 76.6 Å². The van der Waals surface area contributed by atoms with Crippen LogP contribution in [0.25, 0.3) is 0 Å². The van der Waals surface area contributed by atoms with Crippen molar-refractivity contribution in [1.82, 2.24) is 0 Å². The zero-order chi connectivity index (χ0) is 36.4. The van der Waals surface area contributed by atoms with Crippen LogP contribution in [0, 0.1) is 0 Å². The predicted molar refractivity (Wildman–Crippen MR) is 198 cm³/mol. The summed E-state index contributed by atoms with van der Waals surface area (Å²) in [5, 5.41) is 11.1. The van der Waals surface area contributed by atoms with Crippen LogP contribution in [0.4, 0.5) is 0 Å². The number of thioether (sulfide) groups is 1. The van der Waals surface area contributed by atoms with Crippen molar-refractivity contribution in [3.8, 4) is 28.7 Å². The van der Waals surface area contributed by atoms with E-state index in [2.05, 4.69) is 28.1 Å². The van der Waals surface area contributed by atoms with Crippen molar-refractivity contribution in [2.75, 3.05) is 54.5 Å². The molecule has 1 fully saturated rings. The second-order valence-corrected chi connectivity index (χ2v) is 13.6. The molecule has 0 aliphatic carbocycles. The molecular weight excluding hydrogens is 738 g/mol. The summed E-state index contributed by atoms with van der Waals surface area (Å²) in [5.41, 5.74) is 3.06. The molecule has 51 heavy (non-hydrogen) atoms. The number of nitrogens with zero attached hydrogens (tertiary/aromatic N) is 1. The number of hydrogen-bond acceptors (Lipinski definition) is 10. The van der Waals surface area contributed by atoms with Crippen LogP contribution in [0.5, 0.6) is 28.7 Å². The third kappa shape index (κ3) is 9.07. The molecule has 10 nitrogen and oxygen atoms in total. The van der Waals surface area contributed by atoms with Crippen LogP contribution in [0.1, 0.15) is 45.5 Å². The van der Waals surface area contributed by atoms with Gasteiger partial charge in [0.1, 0.15) is 7.11 Å². The molecule has 1 heterocycles. The maximum absolute atomic E-state index is 13.2. The molecule has 270 valence electrons. The maximum Gasteiger partial charge on any atom is 0.415 e. The van der Waals surface area contributed by atoms with Crippen LogP contribution in [0.2, 0.25) is 0 Å². The van der Waals surface area contributed by atoms with E-state index in [-0.39, 0.29) is 12.0 Å². The van der Waals surface area contributed by atoms with E-state index in [4.69, 9.17) is 33.3 Å². The first-order chi connectivity index (χ1) is 24.7. The molecule has 0 radical (unpaired) electrons. The summed E-state index contributed by atoms with van der Waals surface area (Å²) in [6.07, 6.45) is 3.81. The van der Waals surface area contributed by atoms with Crippen molar-refractivity contribution >= 4 is 33.6 Å². The van der Waals surface area contributed by atoms with Crippen molar-refractivity contribution < 1.29 is 48.1 Å². The summed E-state index contributed by atoms with van der Waals surface area (Å²) >= 11 is 5.29. The first kappa shape index (κ1) is 38.2. The number of methoxy groups -OCH3 is 4. The minimum atomic E-state index is -1.35. The van der Waals surface area contributed by atoms with Crippen molar-refractivity contribution in [1.29, 1.82) is 0 Å². The standard InChI is InChI=1S/C39H43BrNO9S/c1-44-33-21-28(30-24-32(50-25-30)29-22-34(45-2)38(47-4)35(23-29)46-3)20-27(37(33)49-18-19-51-36-16-10-9-15-31(36)40)14-11-17-41(43,48-5)39(42)26-12-7-6-8-13-26/h6-13,15-17,20-23,30,32,43H,14,18-19,24-25H2,1-5H3/q+1/b17-11+. The quantitative estimate of drug-likeness (QED) is 0.0391. The molecule has 1 aliphatic heterocycles. The molecule has 1 amide bonds. The Morgan fingerprint density at radius 1 is 0.882 bits per heavy atom. The highest BCUT2D eigenvalue weighted by Crippen LogP contribution is 2.46. The number of rotatable bonds is 16. The highest BCUT2D eigenvalue weighted by molar-refractivity contribution is 9.10. The first-order valence-corrected chi connectivity index (χ1v) is 18.1. The molecule has 1 N–H and O–H groups in total. The molecule has 4 aromatic rings. The molecular formula is C39H43BrNO9S+. The molecule has 0 spiro atoms. The topological polar surface area (TPSA) is 102 Å². The molecule has 0 bridgehead atoms. The number of carbonyl (C=O) groups excluding carboxylic acids is 1. The Morgan fingerprint density at radius 2 is 1.53 bits per heavy atom. The van der Waals surface area contributed by atoms with Crippen molar-refractivity contribution in [3.05, 3.63) is 118 Å². The van der Waals surface area contributed by atoms with E-state index in [0.29, 0.717) is 66.1 Å². The Morgan fingerprint density at radius 3 is 2.18 bits per heavy atom. The Kier molecular flexibility index (Phi) is 13.4. The van der Waals surface area contributed by atoms with Gasteiger partial charge in [0.2, 0.25) is 5.75 Å². The number of halogens is 1. The zero-order valence-corrected chi connectivity index (χ0v) is 31.7. The third-order valence-corrected chi connectivity index (χ3v) is 10.6. The summed E-state index contributed by atoms with van der Waals surface area (Å²) in [4.78, 5) is 18.2. The van der Waals surface area contributed by atoms with Gasteiger partial charge in [-0.3, -0.25) is 0 Å². The fourth-order valence-electron chi connectivity index (χ4n) is 5.92. The van der Waals surface area contributed by atoms with Gasteiger partial charge in [0, 0.05) is 31.4 Å². The number of hydroxylamine groups is 4. The van der Waals surface area contributed by atoms with Gasteiger partial charge >= 0.3 is 5.91 Å². The largest absolute Gasteiger partial charge is 0.493 e. The van der Waals surface area contributed by atoms with Gasteiger partial charge in [-0.05, 0) is 88.4 Å². The molecule has 1 aliphatic rings. The van der Waals surface area contributed by atoms with E-state index in [0.717, 1.165) is 26.1 Å². The normalized spacial score (nSPS) is 16.8. The van der Waals surface area contributed by atoms with Crippen LogP contribution >= 0.6 is 27.7 Å². The number of allylic oxidation sites excluding steroid dienone is 1. The van der Waals surface area contributed by atoms with Crippen LogP contribution < -0.4 is 23.7 Å². The van der Waals surface area contributed by atoms with Crippen LogP contribution in [0.3, 0.4) is 0 Å². The van der Waals surface area contributed by atoms with Crippen LogP contribution in [-0.4, -0.2) is 70.4 Å². The number of amides is 1. The van der Waals surface area contributed by atoms with E-state index in [9.17, 15) is 10.0 Å². The molecule has 3 unspecified atom stereocenters. The second kappa shape index (κ2) is 17.9. The van der Waals surface area contributed by atoms with Crippen molar-refractivity contribution in [3.63, 3.8) is 0 Å². The van der Waals surface area contributed by atoms with Gasteiger partial charge in [-0.25, -0.2) is 4.79 Å². The molecule has 12 heteroatoms. The average Bonchev–Trinajstić information content (AvgIpc) is 3.67. The monoisotopic (exact) mass is 780 g/mol. The summed E-state index contributed by atoms with van der Waals surface area (Å²) in [7, 11) is 7.65. The van der Waals surface area contributed by atoms with Crippen LogP contribution in [0.15, 0.2) is 101 Å². The number of quaternary nitrogens is 1. The molecule has 0 aromatic heterocycles. The fraction of sp³-hybridized carbons (Fsp3) is 0.308. The Hall–Kier alpha value is -4.04. The number of benzene rings is 4. The van der Waals surface area contributed by atoms with Gasteiger partial charge in [-0.1, -0.05) is 36.4 Å². The summed E-state index contributed by atoms with van der Waals surface area (Å²) in [6.45, 7) is 0.896. The van der Waals surface area contributed by atoms with Gasteiger partial charge in [0.15, 0.2) is 29.2 Å². The number of ether oxygens (including phenoxy) is 6. The smallest absolute Gasteiger partial charge is 0.415 e. The highest BCUT2D eigenvalue weighted by Gasteiger charge is 2.36. The number of hydrogen-bond donors (Lipinski definition) is 1. The molecule has 1 saturated heterocycles. The summed E-state index contributed by atoms with van der Waals surface area (Å²) in [5.74, 6) is 2.93. The second-order valence-electron chi connectivity index (χ2n) is 11.6. The van der Waals surface area contributed by atoms with E-state index in [1.165, 1.54) is 13.3 Å². The molecule has 5 rings (SSSR count). The lowest BCUT2D eigenvalue weighted by molar-refractivity contribution is -1.15. The van der Waals surface area contributed by atoms with Gasteiger partial charge < -0.3 is 28.4 Å². The van der Waals surface area contributed by atoms with Gasteiger partial charge in [-0.15, -0.1) is 11.8 Å². The van der Waals surface area contributed by atoms with E-state index >= 15 is 0 Å². The molecule has 0 saturated carbocycles. The van der Waals surface area contributed by atoms with Gasteiger partial charge in [-0.2, -0.15) is 10.0 Å². The van der Waals surface area contributed by atoms with Crippen LogP contribution in [-0.2, 0) is 16.0 Å². The third-order valence-electron chi connectivity index (χ3n) is 8.56. The highest BCUT2D eigenvalue weighted by atomic mass is 79.9. The lowest BCUT2D eigenvalue weighted by Crippen LogP contribution is -2.44. The average molecular weight is 782 g/mol. The fourth-order valence-corrected chi connectivity index (χ4v) is 7.32. The van der Waals surface area contributed by atoms with Crippen molar-refractivity contribution in [2.24, 2.45) is 0 Å². The first-order valence-electron chi connectivity index (χ1n) is 16.3. The Bertz CT molecular complexity index is 1800. The lowest BCUT2D eigenvalue weighted by atomic mass is 9.91.